The number of hydrogen-bond acceptors (Lipinski definition) is 5. The monoisotopic (exact) mass is 796 g/mol. The largest absolute Gasteiger partial charge is 0.454 e. The van der Waals surface area contributed by atoms with Crippen molar-refractivity contribution in [1.29, 1.82) is 0 Å². The minimum absolute atomic E-state index is 0.627. The van der Waals surface area contributed by atoms with E-state index < -0.39 is 0 Å². The van der Waals surface area contributed by atoms with Crippen LogP contribution in [0.3, 0.4) is 0 Å². The van der Waals surface area contributed by atoms with Crippen LogP contribution < -0.4 is 0 Å². The van der Waals surface area contributed by atoms with Crippen molar-refractivity contribution in [2.45, 2.75) is 0 Å². The van der Waals surface area contributed by atoms with Gasteiger partial charge >= 0.3 is 0 Å². The molecule has 0 spiro atoms. The fraction of sp³-hybridized carbons (Fsp3) is 0. The van der Waals surface area contributed by atoms with Gasteiger partial charge in [0.2, 0.25) is 0 Å². The van der Waals surface area contributed by atoms with Crippen LogP contribution in [0.1, 0.15) is 0 Å². The van der Waals surface area contributed by atoms with Crippen molar-refractivity contribution < 1.29 is 4.42 Å². The number of aromatic nitrogens is 4. The zero-order chi connectivity index (χ0) is 40.0. The molecule has 0 fully saturated rings. The second-order valence-electron chi connectivity index (χ2n) is 15.5. The van der Waals surface area contributed by atoms with E-state index in [1.165, 1.54) is 41.7 Å². The third kappa shape index (κ3) is 5.29. The normalized spacial score (nSPS) is 11.9. The Labute approximate surface area is 353 Å². The molecule has 4 aromatic heterocycles. The van der Waals surface area contributed by atoms with E-state index in [1.54, 1.807) is 11.3 Å². The van der Waals surface area contributed by atoms with E-state index in [1.807, 2.05) is 24.3 Å². The summed E-state index contributed by atoms with van der Waals surface area (Å²) in [6, 6.07) is 68.5. The highest BCUT2D eigenvalue weighted by Gasteiger charge is 2.22. The number of thiophene rings is 1. The maximum absolute atomic E-state index is 6.86. The minimum Gasteiger partial charge on any atom is -0.454 e. The van der Waals surface area contributed by atoms with Gasteiger partial charge in [0.05, 0.1) is 16.7 Å². The molecule has 0 radical (unpaired) electrons. The molecule has 0 aliphatic heterocycles. The Morgan fingerprint density at radius 3 is 1.89 bits per heavy atom. The van der Waals surface area contributed by atoms with Crippen LogP contribution in [-0.4, -0.2) is 19.5 Å². The van der Waals surface area contributed by atoms with Gasteiger partial charge in [-0.1, -0.05) is 152 Å². The molecule has 5 nitrogen and oxygen atoms in total. The zero-order valence-corrected chi connectivity index (χ0v) is 33.4. The average Bonchev–Trinajstić information content (AvgIpc) is 4.01. The average molecular weight is 797 g/mol. The molecular formula is C55H32N4OS. The number of benzene rings is 9. The van der Waals surface area contributed by atoms with Crippen LogP contribution in [0.15, 0.2) is 199 Å². The van der Waals surface area contributed by atoms with Crippen LogP contribution >= 0.6 is 11.3 Å². The zero-order valence-electron chi connectivity index (χ0n) is 32.6. The van der Waals surface area contributed by atoms with Gasteiger partial charge in [-0.2, -0.15) is 0 Å². The number of rotatable bonds is 5. The van der Waals surface area contributed by atoms with Crippen molar-refractivity contribution in [3.05, 3.63) is 194 Å². The van der Waals surface area contributed by atoms with Gasteiger partial charge in [-0.05, 0) is 64.4 Å². The summed E-state index contributed by atoms with van der Waals surface area (Å²) in [6.07, 6.45) is 0. The fourth-order valence-electron chi connectivity index (χ4n) is 9.21. The summed E-state index contributed by atoms with van der Waals surface area (Å²) in [5.41, 5.74) is 10.0. The second kappa shape index (κ2) is 13.3. The van der Waals surface area contributed by atoms with Gasteiger partial charge in [0.15, 0.2) is 23.1 Å². The molecule has 4 heterocycles. The highest BCUT2D eigenvalue weighted by Crippen LogP contribution is 2.44. The molecule has 0 saturated carbocycles. The van der Waals surface area contributed by atoms with E-state index >= 15 is 0 Å². The Morgan fingerprint density at radius 1 is 0.410 bits per heavy atom. The first-order chi connectivity index (χ1) is 30.2. The Kier molecular flexibility index (Phi) is 7.41. The quantitative estimate of drug-likeness (QED) is 0.174. The van der Waals surface area contributed by atoms with Gasteiger partial charge in [-0.15, -0.1) is 11.3 Å². The van der Waals surface area contributed by atoms with E-state index in [-0.39, 0.29) is 0 Å². The number of fused-ring (bicyclic) bond motifs is 10. The van der Waals surface area contributed by atoms with Gasteiger partial charge in [-0.25, -0.2) is 15.0 Å². The lowest BCUT2D eigenvalue weighted by Crippen LogP contribution is -2.00. The van der Waals surface area contributed by atoms with Crippen molar-refractivity contribution in [2.75, 3.05) is 0 Å². The predicted molar refractivity (Wildman–Crippen MR) is 254 cm³/mol. The van der Waals surface area contributed by atoms with Crippen LogP contribution in [-0.2, 0) is 0 Å². The topological polar surface area (TPSA) is 56.7 Å². The highest BCUT2D eigenvalue weighted by atomic mass is 32.1. The van der Waals surface area contributed by atoms with Crippen molar-refractivity contribution in [3.8, 4) is 51.0 Å². The highest BCUT2D eigenvalue weighted by molar-refractivity contribution is 7.26. The van der Waals surface area contributed by atoms with E-state index in [4.69, 9.17) is 19.4 Å². The Bertz CT molecular complexity index is 3880. The number of nitrogens with zero attached hydrogens (tertiary/aromatic N) is 4. The first-order valence-corrected chi connectivity index (χ1v) is 21.2. The van der Waals surface area contributed by atoms with Gasteiger partial charge < -0.3 is 8.98 Å². The molecule has 9 aromatic carbocycles. The molecule has 0 aliphatic rings. The van der Waals surface area contributed by atoms with Gasteiger partial charge in [0.25, 0.3) is 0 Å². The third-order valence-corrected chi connectivity index (χ3v) is 13.3. The molecule has 6 heteroatoms. The summed E-state index contributed by atoms with van der Waals surface area (Å²) in [5, 5.41) is 9.47. The third-order valence-electron chi connectivity index (χ3n) is 12.1. The lowest BCUT2D eigenvalue weighted by molar-refractivity contribution is 0.666. The minimum atomic E-state index is 0.627. The van der Waals surface area contributed by atoms with E-state index in [0.29, 0.717) is 17.5 Å². The van der Waals surface area contributed by atoms with Crippen molar-refractivity contribution in [1.82, 2.24) is 19.5 Å². The van der Waals surface area contributed by atoms with Crippen molar-refractivity contribution >= 4 is 86.0 Å². The lowest BCUT2D eigenvalue weighted by Gasteiger charge is -2.13. The van der Waals surface area contributed by atoms with Crippen LogP contribution in [0.2, 0.25) is 0 Å². The molecule has 13 rings (SSSR count). The summed E-state index contributed by atoms with van der Waals surface area (Å²) in [5.74, 6) is 1.93. The first-order valence-electron chi connectivity index (χ1n) is 20.4. The molecule has 13 aromatic rings. The number of para-hydroxylation sites is 2. The molecular weight excluding hydrogens is 765 g/mol. The first kappa shape index (κ1) is 34.0. The van der Waals surface area contributed by atoms with Crippen LogP contribution in [0.4, 0.5) is 0 Å². The van der Waals surface area contributed by atoms with E-state index in [9.17, 15) is 0 Å². The summed E-state index contributed by atoms with van der Waals surface area (Å²) in [7, 11) is 0. The summed E-state index contributed by atoms with van der Waals surface area (Å²) in [6.45, 7) is 0. The van der Waals surface area contributed by atoms with Crippen LogP contribution in [0.25, 0.3) is 126 Å². The second-order valence-corrected chi connectivity index (χ2v) is 16.6. The van der Waals surface area contributed by atoms with Crippen LogP contribution in [0, 0.1) is 0 Å². The Hall–Kier alpha value is -7.93. The number of hydrogen-bond donors (Lipinski definition) is 0. The van der Waals surface area contributed by atoms with Crippen LogP contribution in [0.5, 0.6) is 0 Å². The summed E-state index contributed by atoms with van der Waals surface area (Å²) < 4.78 is 11.6. The molecule has 0 saturated heterocycles. The van der Waals surface area contributed by atoms with E-state index in [2.05, 4.69) is 174 Å². The molecule has 284 valence electrons. The van der Waals surface area contributed by atoms with Gasteiger partial charge in [-0.3, -0.25) is 0 Å². The SMILES string of the molecule is c1ccc(-c2nc(-c3ccc(-c4ccc(-n5c6ccccc6c6cc7ccccc7cc65)c5oc6ccccc6c45)cc3)nc(-c3cccc4c3sc3ccccc34)n2)cc1. The molecule has 61 heavy (non-hydrogen) atoms. The lowest BCUT2D eigenvalue weighted by atomic mass is 9.97. The molecule has 0 amide bonds. The van der Waals surface area contributed by atoms with Crippen molar-refractivity contribution in [2.24, 2.45) is 0 Å². The van der Waals surface area contributed by atoms with Gasteiger partial charge in [0, 0.05) is 58.4 Å². The summed E-state index contributed by atoms with van der Waals surface area (Å²) >= 11 is 1.78. The van der Waals surface area contributed by atoms with Crippen molar-refractivity contribution in [3.63, 3.8) is 0 Å². The molecule has 0 unspecified atom stereocenters. The smallest absolute Gasteiger partial charge is 0.165 e. The number of furan rings is 1. The Balaban J connectivity index is 0.978. The molecule has 0 atom stereocenters. The predicted octanol–water partition coefficient (Wildman–Crippen LogP) is 15.1. The standard InChI is InChI=1S/C55H32N4OS/c1-2-13-34(14-3-1)53-56-54(58-55(57-53)43-21-12-20-41-40-18-8-11-24-49(40)61-52(41)43)35-27-25-33(26-28-35)38-29-30-46(51-50(38)42-19-7-10-23-48(42)60-51)59-45-22-9-6-17-39(45)44-31-36-15-4-5-16-37(36)32-47(44)59/h1-32H. The Morgan fingerprint density at radius 2 is 1.05 bits per heavy atom. The maximum atomic E-state index is 6.86. The molecule has 0 aliphatic carbocycles. The summed E-state index contributed by atoms with van der Waals surface area (Å²) in [4.78, 5) is 15.4. The molecule has 0 N–H and O–H groups in total. The van der Waals surface area contributed by atoms with E-state index in [0.717, 1.165) is 66.5 Å². The molecule has 0 bridgehead atoms. The maximum Gasteiger partial charge on any atom is 0.165 e. The van der Waals surface area contributed by atoms with Gasteiger partial charge in [0.1, 0.15) is 5.58 Å². The fourth-order valence-corrected chi connectivity index (χ4v) is 10.4.